The third kappa shape index (κ3) is 48.8. The van der Waals surface area contributed by atoms with Crippen molar-refractivity contribution in [3.63, 3.8) is 0 Å². The Bertz CT molecular complexity index is 989. The number of unbranched alkanes of at least 4 members (excludes halogenated alkanes) is 34. The fourth-order valence-corrected chi connectivity index (χ4v) is 7.95. The maximum Gasteiger partial charge on any atom is 0.306 e. The predicted octanol–water partition coefficient (Wildman–Crippen LogP) is 17.5. The molecule has 0 aliphatic rings. The molecule has 1 atom stereocenters. The van der Waals surface area contributed by atoms with Gasteiger partial charge in [0.05, 0.1) is 0 Å². The van der Waals surface area contributed by atoms with E-state index in [0.29, 0.717) is 19.3 Å². The monoisotopic (exact) mass is 859 g/mol. The van der Waals surface area contributed by atoms with Gasteiger partial charge in [0, 0.05) is 19.3 Å². The number of rotatable bonds is 49. The summed E-state index contributed by atoms with van der Waals surface area (Å²) in [4.78, 5) is 37.9. The normalized spacial score (nSPS) is 12.1. The molecule has 0 amide bonds. The second kappa shape index (κ2) is 50.5. The van der Waals surface area contributed by atoms with Crippen LogP contribution in [0.1, 0.15) is 290 Å². The highest BCUT2D eigenvalue weighted by Gasteiger charge is 2.19. The van der Waals surface area contributed by atoms with Crippen molar-refractivity contribution in [1.82, 2.24) is 0 Å². The quantitative estimate of drug-likeness (QED) is 0.0262. The molecule has 61 heavy (non-hydrogen) atoms. The lowest BCUT2D eigenvalue weighted by Gasteiger charge is -2.18. The van der Waals surface area contributed by atoms with Crippen molar-refractivity contribution < 1.29 is 28.6 Å². The van der Waals surface area contributed by atoms with Gasteiger partial charge in [-0.05, 0) is 44.9 Å². The van der Waals surface area contributed by atoms with Crippen LogP contribution in [0.25, 0.3) is 0 Å². The van der Waals surface area contributed by atoms with E-state index in [9.17, 15) is 14.4 Å². The molecule has 0 fully saturated rings. The van der Waals surface area contributed by atoms with Gasteiger partial charge in [0.15, 0.2) is 6.10 Å². The van der Waals surface area contributed by atoms with E-state index in [-0.39, 0.29) is 31.1 Å². The maximum atomic E-state index is 12.8. The molecular formula is C55H102O6. The fourth-order valence-electron chi connectivity index (χ4n) is 7.95. The van der Waals surface area contributed by atoms with Crippen LogP contribution in [0.4, 0.5) is 0 Å². The Morgan fingerprint density at radius 3 is 0.984 bits per heavy atom. The van der Waals surface area contributed by atoms with E-state index in [1.807, 2.05) is 0 Å². The summed E-state index contributed by atoms with van der Waals surface area (Å²) in [6.45, 7) is 6.53. The summed E-state index contributed by atoms with van der Waals surface area (Å²) in [5.41, 5.74) is 0. The van der Waals surface area contributed by atoms with Crippen LogP contribution in [0, 0.1) is 0 Å². The van der Waals surface area contributed by atoms with Crippen LogP contribution in [0.5, 0.6) is 0 Å². The molecule has 6 heteroatoms. The molecule has 0 aliphatic heterocycles. The number of hydrogen-bond donors (Lipinski definition) is 0. The molecule has 0 aliphatic carbocycles. The minimum atomic E-state index is -0.777. The van der Waals surface area contributed by atoms with Gasteiger partial charge in [0.25, 0.3) is 0 Å². The fraction of sp³-hybridized carbons (Fsp3) is 0.873. The average Bonchev–Trinajstić information content (AvgIpc) is 3.26. The molecule has 0 aromatic rings. The van der Waals surface area contributed by atoms with Crippen LogP contribution in [0.2, 0.25) is 0 Å². The third-order valence-corrected chi connectivity index (χ3v) is 12.0. The van der Waals surface area contributed by atoms with E-state index >= 15 is 0 Å². The minimum Gasteiger partial charge on any atom is -0.462 e. The third-order valence-electron chi connectivity index (χ3n) is 12.0. The molecule has 358 valence electrons. The summed E-state index contributed by atoms with van der Waals surface area (Å²) >= 11 is 0. The lowest BCUT2D eigenvalue weighted by molar-refractivity contribution is -0.167. The first-order chi connectivity index (χ1) is 30.0. The van der Waals surface area contributed by atoms with E-state index in [4.69, 9.17) is 14.2 Å². The Morgan fingerprint density at radius 2 is 0.639 bits per heavy atom. The Kier molecular flexibility index (Phi) is 48.8. The van der Waals surface area contributed by atoms with Gasteiger partial charge in [-0.1, -0.05) is 251 Å². The predicted molar refractivity (Wildman–Crippen MR) is 261 cm³/mol. The van der Waals surface area contributed by atoms with Gasteiger partial charge < -0.3 is 14.2 Å². The number of esters is 3. The van der Waals surface area contributed by atoms with Crippen molar-refractivity contribution in [2.45, 2.75) is 297 Å². The van der Waals surface area contributed by atoms with Crippen molar-refractivity contribution in [2.24, 2.45) is 0 Å². The molecular weight excluding hydrogens is 757 g/mol. The van der Waals surface area contributed by atoms with Crippen molar-refractivity contribution in [3.05, 3.63) is 24.3 Å². The average molecular weight is 859 g/mol. The van der Waals surface area contributed by atoms with E-state index in [1.54, 1.807) is 0 Å². The SMILES string of the molecule is CC/C=C\C/C=C\CCCCC(=O)OCC(COC(=O)CCCCCCCCCCCCCCCCCCCCC)OC(=O)CCCCCCCCCCCCCCCCC. The van der Waals surface area contributed by atoms with E-state index in [2.05, 4.69) is 45.1 Å². The number of carbonyl (C=O) groups excluding carboxylic acids is 3. The first-order valence-electron chi connectivity index (χ1n) is 26.8. The Hall–Kier alpha value is -2.11. The smallest absolute Gasteiger partial charge is 0.306 e. The molecule has 0 saturated heterocycles. The molecule has 0 spiro atoms. The standard InChI is InChI=1S/C55H102O6/c1-4-7-10-13-16-19-21-23-25-26-27-28-30-31-33-36-39-42-45-48-54(57)60-51-52(50-59-53(56)47-44-41-38-35-18-15-12-9-6-3)61-55(58)49-46-43-40-37-34-32-29-24-22-20-17-14-11-8-5-2/h9,12,18,35,52H,4-8,10-11,13-17,19-34,36-51H2,1-3H3/b12-9-,35-18-. The Labute approximate surface area is 379 Å². The molecule has 0 aromatic carbocycles. The van der Waals surface area contributed by atoms with Crippen LogP contribution in [0.3, 0.4) is 0 Å². The van der Waals surface area contributed by atoms with Crippen LogP contribution in [-0.2, 0) is 28.6 Å². The maximum absolute atomic E-state index is 12.8. The molecule has 0 heterocycles. The topological polar surface area (TPSA) is 78.9 Å². The highest BCUT2D eigenvalue weighted by molar-refractivity contribution is 5.71. The number of allylic oxidation sites excluding steroid dienone is 4. The van der Waals surface area contributed by atoms with Gasteiger partial charge in [-0.25, -0.2) is 0 Å². The molecule has 1 unspecified atom stereocenters. The second-order valence-corrected chi connectivity index (χ2v) is 18.1. The molecule has 0 aromatic heterocycles. The first-order valence-corrected chi connectivity index (χ1v) is 26.8. The van der Waals surface area contributed by atoms with E-state index < -0.39 is 6.10 Å². The molecule has 0 N–H and O–H groups in total. The molecule has 0 radical (unpaired) electrons. The lowest BCUT2D eigenvalue weighted by Crippen LogP contribution is -2.30. The summed E-state index contributed by atoms with van der Waals surface area (Å²) in [5.74, 6) is -0.898. The van der Waals surface area contributed by atoms with Crippen molar-refractivity contribution in [2.75, 3.05) is 13.2 Å². The summed E-state index contributed by atoms with van der Waals surface area (Å²) < 4.78 is 16.8. The van der Waals surface area contributed by atoms with Gasteiger partial charge in [-0.2, -0.15) is 0 Å². The summed E-state index contributed by atoms with van der Waals surface area (Å²) in [6.07, 6.45) is 57.6. The first kappa shape index (κ1) is 58.9. The van der Waals surface area contributed by atoms with Crippen molar-refractivity contribution in [1.29, 1.82) is 0 Å². The molecule has 0 saturated carbocycles. The van der Waals surface area contributed by atoms with E-state index in [0.717, 1.165) is 70.6 Å². The summed E-state index contributed by atoms with van der Waals surface area (Å²) in [5, 5.41) is 0. The number of carbonyl (C=O) groups is 3. The molecule has 0 bridgehead atoms. The molecule has 6 nitrogen and oxygen atoms in total. The van der Waals surface area contributed by atoms with Crippen molar-refractivity contribution in [3.8, 4) is 0 Å². The van der Waals surface area contributed by atoms with E-state index in [1.165, 1.54) is 180 Å². The van der Waals surface area contributed by atoms with Gasteiger partial charge in [-0.3, -0.25) is 14.4 Å². The summed E-state index contributed by atoms with van der Waals surface area (Å²) in [7, 11) is 0. The zero-order valence-electron chi connectivity index (χ0n) is 40.9. The number of hydrogen-bond acceptors (Lipinski definition) is 6. The zero-order chi connectivity index (χ0) is 44.4. The Morgan fingerprint density at radius 1 is 0.344 bits per heavy atom. The second-order valence-electron chi connectivity index (χ2n) is 18.1. The van der Waals surface area contributed by atoms with Crippen LogP contribution in [-0.4, -0.2) is 37.2 Å². The largest absolute Gasteiger partial charge is 0.462 e. The minimum absolute atomic E-state index is 0.0763. The Balaban J connectivity index is 4.24. The highest BCUT2D eigenvalue weighted by atomic mass is 16.6. The lowest BCUT2D eigenvalue weighted by atomic mass is 10.0. The van der Waals surface area contributed by atoms with Gasteiger partial charge in [-0.15, -0.1) is 0 Å². The van der Waals surface area contributed by atoms with Gasteiger partial charge in [0.1, 0.15) is 13.2 Å². The number of ether oxygens (including phenoxy) is 3. The van der Waals surface area contributed by atoms with Crippen molar-refractivity contribution >= 4 is 17.9 Å². The summed E-state index contributed by atoms with van der Waals surface area (Å²) in [6, 6.07) is 0. The highest BCUT2D eigenvalue weighted by Crippen LogP contribution is 2.17. The zero-order valence-corrected chi connectivity index (χ0v) is 40.9. The van der Waals surface area contributed by atoms with Crippen LogP contribution < -0.4 is 0 Å². The van der Waals surface area contributed by atoms with Gasteiger partial charge >= 0.3 is 17.9 Å². The van der Waals surface area contributed by atoms with Gasteiger partial charge in [0.2, 0.25) is 0 Å². The van der Waals surface area contributed by atoms with Crippen LogP contribution >= 0.6 is 0 Å². The van der Waals surface area contributed by atoms with Crippen LogP contribution in [0.15, 0.2) is 24.3 Å². The molecule has 0 rings (SSSR count).